The number of nitrogens with zero attached hydrogens (tertiary/aromatic N) is 1. The summed E-state index contributed by atoms with van der Waals surface area (Å²) in [6.07, 6.45) is 2.77. The highest BCUT2D eigenvalue weighted by Crippen LogP contribution is 1.67. The van der Waals surface area contributed by atoms with E-state index in [-0.39, 0.29) is 0 Å². The van der Waals surface area contributed by atoms with Gasteiger partial charge in [-0.3, -0.25) is 0 Å². The first-order chi connectivity index (χ1) is 4.27. The Morgan fingerprint density at radius 1 is 1.44 bits per heavy atom. The van der Waals surface area contributed by atoms with Gasteiger partial charge >= 0.3 is 0 Å². The average Bonchev–Trinajstić information content (AvgIpc) is 1.88. The van der Waals surface area contributed by atoms with Crippen LogP contribution in [0.2, 0.25) is 0 Å². The second-order valence-electron chi connectivity index (χ2n) is 1.11. The van der Waals surface area contributed by atoms with Gasteiger partial charge in [0, 0.05) is 12.4 Å². The molecule has 0 bridgehead atoms. The highest BCUT2D eigenvalue weighted by molar-refractivity contribution is 5.77. The van der Waals surface area contributed by atoms with Crippen molar-refractivity contribution < 1.29 is 0 Å². The molecule has 0 atom stereocenters. The van der Waals surface area contributed by atoms with Crippen molar-refractivity contribution in [2.45, 2.75) is 20.8 Å². The summed E-state index contributed by atoms with van der Waals surface area (Å²) < 4.78 is 0. The summed E-state index contributed by atoms with van der Waals surface area (Å²) in [5.74, 6) is 0.515. The highest BCUT2D eigenvalue weighted by Gasteiger charge is 1.66. The predicted octanol–water partition coefficient (Wildman–Crippen LogP) is 0.820. The summed E-state index contributed by atoms with van der Waals surface area (Å²) in [4.78, 5) is 3.63. The maximum atomic E-state index is 5.12. The fraction of sp³-hybridized carbons (Fsp3) is 0.500. The Morgan fingerprint density at radius 3 is 2.00 bits per heavy atom. The lowest BCUT2D eigenvalue weighted by molar-refractivity contribution is 1.43. The topological polar surface area (TPSA) is 64.4 Å². The Bertz CT molecular complexity index is 90.5. The summed E-state index contributed by atoms with van der Waals surface area (Å²) in [6, 6.07) is 0. The molecule has 0 aromatic heterocycles. The van der Waals surface area contributed by atoms with Crippen LogP contribution in [-0.2, 0) is 0 Å². The first-order valence-electron chi connectivity index (χ1n) is 2.94. The minimum absolute atomic E-state index is 0.515. The summed E-state index contributed by atoms with van der Waals surface area (Å²) in [5.41, 5.74) is 10.1. The van der Waals surface area contributed by atoms with Crippen LogP contribution in [0.4, 0.5) is 0 Å². The SMILES string of the molecule is CC.CC(N)=N/C=C\N. The molecule has 3 heteroatoms. The van der Waals surface area contributed by atoms with Crippen molar-refractivity contribution in [3.63, 3.8) is 0 Å². The Labute approximate surface area is 56.5 Å². The Morgan fingerprint density at radius 2 is 1.89 bits per heavy atom. The maximum absolute atomic E-state index is 5.12. The van der Waals surface area contributed by atoms with Crippen LogP contribution in [0.25, 0.3) is 0 Å². The van der Waals surface area contributed by atoms with E-state index in [1.807, 2.05) is 13.8 Å². The van der Waals surface area contributed by atoms with Gasteiger partial charge in [-0.2, -0.15) is 0 Å². The molecule has 0 aliphatic rings. The third kappa shape index (κ3) is 19.4. The summed E-state index contributed by atoms with van der Waals surface area (Å²) in [6.45, 7) is 5.69. The molecule has 0 amide bonds. The lowest BCUT2D eigenvalue weighted by Gasteiger charge is -1.79. The molecule has 3 nitrogen and oxygen atoms in total. The van der Waals surface area contributed by atoms with Crippen LogP contribution in [0.3, 0.4) is 0 Å². The van der Waals surface area contributed by atoms with E-state index in [9.17, 15) is 0 Å². The van der Waals surface area contributed by atoms with Crippen molar-refractivity contribution in [2.24, 2.45) is 16.5 Å². The van der Waals surface area contributed by atoms with Gasteiger partial charge in [0.2, 0.25) is 0 Å². The second kappa shape index (κ2) is 10.1. The number of hydrogen-bond donors (Lipinski definition) is 2. The van der Waals surface area contributed by atoms with Gasteiger partial charge < -0.3 is 11.5 Å². The number of rotatable bonds is 1. The number of nitrogens with two attached hydrogens (primary N) is 2. The fourth-order valence-electron chi connectivity index (χ4n) is 0.161. The fourth-order valence-corrected chi connectivity index (χ4v) is 0.161. The molecule has 0 aliphatic heterocycles. The van der Waals surface area contributed by atoms with E-state index in [0.29, 0.717) is 5.84 Å². The Hall–Kier alpha value is -0.990. The van der Waals surface area contributed by atoms with Crippen LogP contribution in [-0.4, -0.2) is 5.84 Å². The van der Waals surface area contributed by atoms with Crippen molar-refractivity contribution in [1.29, 1.82) is 0 Å². The quantitative estimate of drug-likeness (QED) is 0.406. The molecule has 0 heterocycles. The van der Waals surface area contributed by atoms with E-state index in [1.54, 1.807) is 6.92 Å². The second-order valence-corrected chi connectivity index (χ2v) is 1.11. The number of aliphatic imine (C=N–C) groups is 1. The lowest BCUT2D eigenvalue weighted by atomic mass is 10.7. The lowest BCUT2D eigenvalue weighted by Crippen LogP contribution is -2.03. The highest BCUT2D eigenvalue weighted by atomic mass is 14.8. The molecule has 0 unspecified atom stereocenters. The molecule has 0 aromatic carbocycles. The molecule has 0 fully saturated rings. The number of hydrogen-bond acceptors (Lipinski definition) is 2. The molecule has 0 saturated heterocycles. The molecular formula is C6H15N3. The molecule has 0 spiro atoms. The number of amidine groups is 1. The average molecular weight is 129 g/mol. The van der Waals surface area contributed by atoms with Crippen molar-refractivity contribution >= 4 is 5.84 Å². The van der Waals surface area contributed by atoms with Gasteiger partial charge in [-0.1, -0.05) is 13.8 Å². The summed E-state index contributed by atoms with van der Waals surface area (Å²) in [7, 11) is 0. The van der Waals surface area contributed by atoms with Crippen LogP contribution in [0.1, 0.15) is 20.8 Å². The van der Waals surface area contributed by atoms with Crippen LogP contribution < -0.4 is 11.5 Å². The van der Waals surface area contributed by atoms with Crippen LogP contribution in [0.5, 0.6) is 0 Å². The molecular weight excluding hydrogens is 114 g/mol. The summed E-state index contributed by atoms with van der Waals surface area (Å²) >= 11 is 0. The Kier molecular flexibility index (Phi) is 12.2. The molecule has 4 N–H and O–H groups in total. The van der Waals surface area contributed by atoms with Crippen LogP contribution in [0, 0.1) is 0 Å². The van der Waals surface area contributed by atoms with Crippen molar-refractivity contribution in [3.8, 4) is 0 Å². The normalized spacial score (nSPS) is 10.8. The van der Waals surface area contributed by atoms with Gasteiger partial charge in [0.05, 0.1) is 5.84 Å². The minimum atomic E-state index is 0.515. The monoisotopic (exact) mass is 129 g/mol. The zero-order valence-electron chi connectivity index (χ0n) is 6.26. The molecule has 0 saturated carbocycles. The van der Waals surface area contributed by atoms with E-state index in [0.717, 1.165) is 0 Å². The van der Waals surface area contributed by atoms with E-state index < -0.39 is 0 Å². The summed E-state index contributed by atoms with van der Waals surface area (Å²) in [5, 5.41) is 0. The van der Waals surface area contributed by atoms with Gasteiger partial charge in [-0.25, -0.2) is 4.99 Å². The molecule has 54 valence electrons. The molecule has 9 heavy (non-hydrogen) atoms. The van der Waals surface area contributed by atoms with Gasteiger partial charge in [0.1, 0.15) is 0 Å². The molecule has 0 aliphatic carbocycles. The van der Waals surface area contributed by atoms with Crippen molar-refractivity contribution in [2.75, 3.05) is 0 Å². The zero-order valence-corrected chi connectivity index (χ0v) is 6.26. The minimum Gasteiger partial charge on any atom is -0.403 e. The van der Waals surface area contributed by atoms with Crippen molar-refractivity contribution in [3.05, 3.63) is 12.4 Å². The maximum Gasteiger partial charge on any atom is 0.0958 e. The van der Waals surface area contributed by atoms with E-state index in [2.05, 4.69) is 4.99 Å². The standard InChI is InChI=1S/C4H9N3.C2H6/c1-4(6)7-3-2-5;1-2/h2-3H,5H2,1H3,(H2,6,7);1-2H3/b3-2-;. The van der Waals surface area contributed by atoms with Gasteiger partial charge in [-0.15, -0.1) is 0 Å². The molecule has 0 aromatic rings. The van der Waals surface area contributed by atoms with E-state index in [1.165, 1.54) is 12.4 Å². The Balaban J connectivity index is 0. The largest absolute Gasteiger partial charge is 0.403 e. The van der Waals surface area contributed by atoms with E-state index in [4.69, 9.17) is 11.5 Å². The third-order valence-electron chi connectivity index (χ3n) is 0.364. The van der Waals surface area contributed by atoms with Gasteiger partial charge in [-0.05, 0) is 6.92 Å². The zero-order chi connectivity index (χ0) is 7.70. The predicted molar refractivity (Wildman–Crippen MR) is 42.0 cm³/mol. The third-order valence-corrected chi connectivity index (χ3v) is 0.364. The smallest absolute Gasteiger partial charge is 0.0958 e. The van der Waals surface area contributed by atoms with Crippen molar-refractivity contribution in [1.82, 2.24) is 0 Å². The van der Waals surface area contributed by atoms with Crippen LogP contribution in [0.15, 0.2) is 17.4 Å². The van der Waals surface area contributed by atoms with Gasteiger partial charge in [0.15, 0.2) is 0 Å². The first kappa shape index (κ1) is 10.9. The van der Waals surface area contributed by atoms with Gasteiger partial charge in [0.25, 0.3) is 0 Å². The first-order valence-corrected chi connectivity index (χ1v) is 2.94. The van der Waals surface area contributed by atoms with Crippen LogP contribution >= 0.6 is 0 Å². The molecule has 0 radical (unpaired) electrons. The molecule has 0 rings (SSSR count). The van der Waals surface area contributed by atoms with E-state index >= 15 is 0 Å².